The number of rotatable bonds is 7. The van der Waals surface area contributed by atoms with Gasteiger partial charge in [-0.3, -0.25) is 0 Å². The van der Waals surface area contributed by atoms with E-state index in [2.05, 4.69) is 14.9 Å². The zero-order valence-corrected chi connectivity index (χ0v) is 11.5. The molecule has 1 aromatic rings. The van der Waals surface area contributed by atoms with E-state index in [0.717, 1.165) is 0 Å². The molecular formula is C13H17NO6. The number of nitrogens with zero attached hydrogens (tertiary/aromatic N) is 1. The van der Waals surface area contributed by atoms with Crippen LogP contribution in [0.25, 0.3) is 0 Å². The number of hydrogen-bond acceptors (Lipinski definition) is 7. The van der Waals surface area contributed by atoms with Crippen molar-refractivity contribution in [1.29, 1.82) is 0 Å². The summed E-state index contributed by atoms with van der Waals surface area (Å²) < 4.78 is 10.1. The van der Waals surface area contributed by atoms with E-state index in [-0.39, 0.29) is 12.3 Å². The van der Waals surface area contributed by atoms with Crippen molar-refractivity contribution < 1.29 is 29.3 Å². The van der Waals surface area contributed by atoms with E-state index in [4.69, 9.17) is 14.7 Å². The van der Waals surface area contributed by atoms with Crippen LogP contribution in [0.5, 0.6) is 0 Å². The zero-order valence-electron chi connectivity index (χ0n) is 11.5. The van der Waals surface area contributed by atoms with Gasteiger partial charge in [0.25, 0.3) is 5.79 Å². The van der Waals surface area contributed by atoms with Gasteiger partial charge in [-0.15, -0.1) is 0 Å². The van der Waals surface area contributed by atoms with Crippen LogP contribution < -0.4 is 0 Å². The predicted octanol–water partition coefficient (Wildman–Crippen LogP) is 1.70. The van der Waals surface area contributed by atoms with Gasteiger partial charge in [0.15, 0.2) is 6.61 Å². The first-order valence-electron chi connectivity index (χ1n) is 5.77. The van der Waals surface area contributed by atoms with Crippen molar-refractivity contribution in [2.24, 2.45) is 5.16 Å². The number of carbonyl (C=O) groups excluding carboxylic acids is 1. The number of carbonyl (C=O) groups is 1. The number of esters is 1. The van der Waals surface area contributed by atoms with Gasteiger partial charge in [-0.25, -0.2) is 10.1 Å². The molecule has 0 heterocycles. The maximum atomic E-state index is 11.8. The number of methoxy groups -OCH3 is 1. The smallest absolute Gasteiger partial charge is 0.338 e. The minimum Gasteiger partial charge on any atom is -0.456 e. The molecule has 0 amide bonds. The van der Waals surface area contributed by atoms with Crippen LogP contribution >= 0.6 is 0 Å². The highest BCUT2D eigenvalue weighted by Gasteiger charge is 2.38. The van der Waals surface area contributed by atoms with Crippen LogP contribution in [-0.2, 0) is 19.2 Å². The molecule has 0 aromatic heterocycles. The summed E-state index contributed by atoms with van der Waals surface area (Å²) in [4.78, 5) is 20.7. The molecule has 1 rings (SSSR count). The fourth-order valence-electron chi connectivity index (χ4n) is 1.47. The van der Waals surface area contributed by atoms with Crippen LogP contribution in [0.15, 0.2) is 35.5 Å². The lowest BCUT2D eigenvalue weighted by Crippen LogP contribution is -2.46. The van der Waals surface area contributed by atoms with E-state index in [1.54, 1.807) is 30.3 Å². The SMILES string of the molecule is CO/N=C(\C)C(COC(=O)c1ccccc1)(OC)OO. The molecule has 0 radical (unpaired) electrons. The van der Waals surface area contributed by atoms with E-state index in [1.807, 2.05) is 0 Å². The van der Waals surface area contributed by atoms with Gasteiger partial charge in [0.2, 0.25) is 0 Å². The summed E-state index contributed by atoms with van der Waals surface area (Å²) >= 11 is 0. The van der Waals surface area contributed by atoms with Gasteiger partial charge in [0.1, 0.15) is 12.8 Å². The molecule has 110 valence electrons. The number of hydrogen-bond donors (Lipinski definition) is 1. The molecule has 0 aliphatic heterocycles. The van der Waals surface area contributed by atoms with Crippen molar-refractivity contribution in [3.05, 3.63) is 35.9 Å². The molecular weight excluding hydrogens is 266 g/mol. The van der Waals surface area contributed by atoms with Crippen LogP contribution in [0.2, 0.25) is 0 Å². The molecule has 0 aliphatic carbocycles. The molecule has 7 heteroatoms. The van der Waals surface area contributed by atoms with E-state index < -0.39 is 11.8 Å². The third-order valence-electron chi connectivity index (χ3n) is 2.66. The molecule has 0 bridgehead atoms. The van der Waals surface area contributed by atoms with Crippen molar-refractivity contribution in [1.82, 2.24) is 0 Å². The third kappa shape index (κ3) is 3.77. The highest BCUT2D eigenvalue weighted by molar-refractivity contribution is 5.91. The Morgan fingerprint density at radius 2 is 1.95 bits per heavy atom. The van der Waals surface area contributed by atoms with Crippen molar-refractivity contribution in [3.63, 3.8) is 0 Å². The Balaban J connectivity index is 2.78. The van der Waals surface area contributed by atoms with Crippen molar-refractivity contribution in [2.75, 3.05) is 20.8 Å². The topological polar surface area (TPSA) is 86.6 Å². The van der Waals surface area contributed by atoms with E-state index in [0.29, 0.717) is 5.56 Å². The minimum absolute atomic E-state index is 0.158. The van der Waals surface area contributed by atoms with Crippen LogP contribution in [0, 0.1) is 0 Å². The molecule has 7 nitrogen and oxygen atoms in total. The summed E-state index contributed by atoms with van der Waals surface area (Å²) in [6, 6.07) is 8.41. The fraction of sp³-hybridized carbons (Fsp3) is 0.385. The lowest BCUT2D eigenvalue weighted by Gasteiger charge is -2.27. The third-order valence-corrected chi connectivity index (χ3v) is 2.66. The largest absolute Gasteiger partial charge is 0.456 e. The first-order valence-corrected chi connectivity index (χ1v) is 5.77. The summed E-state index contributed by atoms with van der Waals surface area (Å²) in [5, 5.41) is 12.6. The first kappa shape index (κ1) is 16.1. The lowest BCUT2D eigenvalue weighted by molar-refractivity contribution is -0.376. The standard InChI is InChI=1S/C13H17NO6/c1-10(14-18-3)13(17-2,20-16)9-19-12(15)11-7-5-4-6-8-11/h4-8,16H,9H2,1-3H3/b14-10+. The molecule has 20 heavy (non-hydrogen) atoms. The molecule has 0 saturated carbocycles. The van der Waals surface area contributed by atoms with Crippen LogP contribution in [0.3, 0.4) is 0 Å². The first-order chi connectivity index (χ1) is 9.59. The second kappa shape index (κ2) is 7.59. The Kier molecular flexibility index (Phi) is 6.10. The Labute approximate surface area is 116 Å². The quantitative estimate of drug-likeness (QED) is 0.269. The molecule has 0 fully saturated rings. The second-order valence-corrected chi connectivity index (χ2v) is 3.85. The number of oxime groups is 1. The monoisotopic (exact) mass is 283 g/mol. The molecule has 0 spiro atoms. The van der Waals surface area contributed by atoms with E-state index in [1.165, 1.54) is 21.1 Å². The molecule has 0 aliphatic rings. The van der Waals surface area contributed by atoms with Crippen molar-refractivity contribution >= 4 is 11.7 Å². The van der Waals surface area contributed by atoms with Gasteiger partial charge in [0.05, 0.1) is 5.56 Å². The van der Waals surface area contributed by atoms with Gasteiger partial charge in [-0.1, -0.05) is 23.4 Å². The molecule has 1 aromatic carbocycles. The molecule has 1 atom stereocenters. The maximum absolute atomic E-state index is 11.8. The predicted molar refractivity (Wildman–Crippen MR) is 70.3 cm³/mol. The van der Waals surface area contributed by atoms with E-state index in [9.17, 15) is 4.79 Å². The Morgan fingerprint density at radius 3 is 2.45 bits per heavy atom. The van der Waals surface area contributed by atoms with Gasteiger partial charge in [-0.2, -0.15) is 4.89 Å². The minimum atomic E-state index is -1.71. The molecule has 1 unspecified atom stereocenters. The second-order valence-electron chi connectivity index (χ2n) is 3.85. The van der Waals surface area contributed by atoms with Crippen molar-refractivity contribution in [3.8, 4) is 0 Å². The summed E-state index contributed by atoms with van der Waals surface area (Å²) in [6.45, 7) is 1.12. The highest BCUT2D eigenvalue weighted by atomic mass is 17.1. The fourth-order valence-corrected chi connectivity index (χ4v) is 1.47. The lowest BCUT2D eigenvalue weighted by atomic mass is 10.2. The molecule has 0 saturated heterocycles. The average Bonchev–Trinajstić information content (AvgIpc) is 2.49. The summed E-state index contributed by atoms with van der Waals surface area (Å²) in [5.74, 6) is -2.28. The summed E-state index contributed by atoms with van der Waals surface area (Å²) in [6.07, 6.45) is 0. The van der Waals surface area contributed by atoms with Crippen LogP contribution in [0.4, 0.5) is 0 Å². The van der Waals surface area contributed by atoms with E-state index >= 15 is 0 Å². The van der Waals surface area contributed by atoms with Gasteiger partial charge >= 0.3 is 5.97 Å². The van der Waals surface area contributed by atoms with Gasteiger partial charge < -0.3 is 14.3 Å². The van der Waals surface area contributed by atoms with Crippen LogP contribution in [-0.4, -0.2) is 43.6 Å². The summed E-state index contributed by atoms with van der Waals surface area (Å²) in [7, 11) is 2.61. The maximum Gasteiger partial charge on any atom is 0.338 e. The highest BCUT2D eigenvalue weighted by Crippen LogP contribution is 2.16. The average molecular weight is 283 g/mol. The van der Waals surface area contributed by atoms with Gasteiger partial charge in [0, 0.05) is 7.11 Å². The van der Waals surface area contributed by atoms with Crippen molar-refractivity contribution in [2.45, 2.75) is 12.7 Å². The zero-order chi connectivity index (χ0) is 15.0. The van der Waals surface area contributed by atoms with Crippen LogP contribution in [0.1, 0.15) is 17.3 Å². The normalized spacial score (nSPS) is 14.5. The Morgan fingerprint density at radius 1 is 1.30 bits per heavy atom. The summed E-state index contributed by atoms with van der Waals surface area (Å²) in [5.41, 5.74) is 0.530. The number of benzene rings is 1. The van der Waals surface area contributed by atoms with Gasteiger partial charge in [-0.05, 0) is 19.1 Å². The molecule has 1 N–H and O–H groups in total. The Hall–Kier alpha value is -1.96. The Bertz CT molecular complexity index is 455. The number of ether oxygens (including phenoxy) is 2.